The van der Waals surface area contributed by atoms with Gasteiger partial charge >= 0.3 is 0 Å². The van der Waals surface area contributed by atoms with Crippen molar-refractivity contribution in [1.82, 2.24) is 0 Å². The third kappa shape index (κ3) is 18.5. The molecule has 0 saturated carbocycles. The zero-order valence-corrected chi connectivity index (χ0v) is 23.0. The lowest BCUT2D eigenvalue weighted by molar-refractivity contribution is 0.0103. The Morgan fingerprint density at radius 1 is 0.406 bits per heavy atom. The number of hydrogen-bond acceptors (Lipinski definition) is 8. The van der Waals surface area contributed by atoms with Gasteiger partial charge in [-0.15, -0.1) is 0 Å². The van der Waals surface area contributed by atoms with E-state index in [4.69, 9.17) is 37.9 Å². The van der Waals surface area contributed by atoms with E-state index in [1.165, 1.54) is 0 Å². The van der Waals surface area contributed by atoms with Crippen molar-refractivity contribution in [3.05, 3.63) is 24.3 Å². The molecule has 0 unspecified atom stereocenters. The molecular weight excluding hydrogens is 646 g/mol. The van der Waals surface area contributed by atoms with Gasteiger partial charge in [-0.25, -0.2) is 0 Å². The number of para-hydroxylation sites is 2. The van der Waals surface area contributed by atoms with Crippen molar-refractivity contribution in [2.24, 2.45) is 0 Å². The molecule has 1 aromatic rings. The first-order chi connectivity index (χ1) is 15.9. The molecule has 0 saturated heterocycles. The molecule has 0 aliphatic heterocycles. The first-order valence-corrected chi connectivity index (χ1v) is 13.9. The molecule has 1 rings (SSSR count). The molecule has 10 heteroatoms. The van der Waals surface area contributed by atoms with Crippen molar-refractivity contribution in [2.45, 2.75) is 0 Å². The summed E-state index contributed by atoms with van der Waals surface area (Å²) in [6.07, 6.45) is 0. The van der Waals surface area contributed by atoms with Crippen molar-refractivity contribution in [2.75, 3.05) is 101 Å². The number of halogens is 2. The summed E-state index contributed by atoms with van der Waals surface area (Å²) >= 11 is 4.56. The molecule has 0 fully saturated rings. The van der Waals surface area contributed by atoms with Crippen LogP contribution in [0.2, 0.25) is 0 Å². The number of rotatable bonds is 24. The number of benzene rings is 1. The summed E-state index contributed by atoms with van der Waals surface area (Å²) in [5.74, 6) is 1.38. The van der Waals surface area contributed by atoms with Gasteiger partial charge in [0.05, 0.1) is 79.3 Å². The number of alkyl halides is 2. The first-order valence-electron chi connectivity index (χ1n) is 10.8. The van der Waals surface area contributed by atoms with Gasteiger partial charge in [-0.3, -0.25) is 0 Å². The van der Waals surface area contributed by atoms with Gasteiger partial charge < -0.3 is 37.9 Å². The Kier molecular flexibility index (Phi) is 22.7. The van der Waals surface area contributed by atoms with Crippen LogP contribution in [0.4, 0.5) is 0 Å². The van der Waals surface area contributed by atoms with Crippen LogP contribution in [0.5, 0.6) is 11.5 Å². The second kappa shape index (κ2) is 24.2. The van der Waals surface area contributed by atoms with Gasteiger partial charge in [0.25, 0.3) is 0 Å². The van der Waals surface area contributed by atoms with Crippen molar-refractivity contribution >= 4 is 45.2 Å². The average Bonchev–Trinajstić information content (AvgIpc) is 2.81. The maximum atomic E-state index is 5.77. The van der Waals surface area contributed by atoms with Gasteiger partial charge in [-0.05, 0) is 12.1 Å². The molecule has 186 valence electrons. The second-order valence-corrected chi connectivity index (χ2v) is 8.35. The van der Waals surface area contributed by atoms with Gasteiger partial charge in [0.15, 0.2) is 11.5 Å². The fraction of sp³-hybridized carbons (Fsp3) is 0.727. The largest absolute Gasteiger partial charge is 0.487 e. The van der Waals surface area contributed by atoms with E-state index in [-0.39, 0.29) is 0 Å². The van der Waals surface area contributed by atoms with Gasteiger partial charge in [0, 0.05) is 8.86 Å². The highest BCUT2D eigenvalue weighted by Gasteiger charge is 2.04. The maximum absolute atomic E-state index is 5.77. The lowest BCUT2D eigenvalue weighted by Gasteiger charge is -2.13. The molecule has 1 aromatic carbocycles. The van der Waals surface area contributed by atoms with Crippen molar-refractivity contribution in [1.29, 1.82) is 0 Å². The van der Waals surface area contributed by atoms with E-state index < -0.39 is 0 Å². The fourth-order valence-electron chi connectivity index (χ4n) is 2.30. The van der Waals surface area contributed by atoms with Crippen molar-refractivity contribution in [3.8, 4) is 11.5 Å². The van der Waals surface area contributed by atoms with Crippen LogP contribution in [0.15, 0.2) is 24.3 Å². The standard InChI is InChI=1S/C22H36I2O8/c23-5-7-25-9-11-27-13-15-29-17-19-31-21-3-1-2-4-22(21)32-20-18-30-16-14-28-12-10-26-8-6-24/h1-4H,5-20H2. The third-order valence-electron chi connectivity index (χ3n) is 3.75. The highest BCUT2D eigenvalue weighted by Crippen LogP contribution is 2.26. The minimum absolute atomic E-state index is 0.439. The van der Waals surface area contributed by atoms with Gasteiger partial charge in [0.2, 0.25) is 0 Å². The molecule has 0 bridgehead atoms. The Bertz CT molecular complexity index is 479. The van der Waals surface area contributed by atoms with Gasteiger partial charge in [-0.1, -0.05) is 57.3 Å². The quantitative estimate of drug-likeness (QED) is 0.0935. The van der Waals surface area contributed by atoms with Crippen molar-refractivity contribution < 1.29 is 37.9 Å². The fourth-order valence-corrected chi connectivity index (χ4v) is 2.93. The van der Waals surface area contributed by atoms with Crippen LogP contribution in [-0.4, -0.2) is 101 Å². The Morgan fingerprint density at radius 2 is 0.688 bits per heavy atom. The van der Waals surface area contributed by atoms with E-state index in [2.05, 4.69) is 45.2 Å². The molecular formula is C22H36I2O8. The monoisotopic (exact) mass is 682 g/mol. The zero-order chi connectivity index (χ0) is 23.0. The summed E-state index contributed by atoms with van der Waals surface area (Å²) in [5, 5.41) is 0. The van der Waals surface area contributed by atoms with Crippen LogP contribution in [0, 0.1) is 0 Å². The minimum Gasteiger partial charge on any atom is -0.487 e. The molecule has 0 heterocycles. The third-order valence-corrected chi connectivity index (χ3v) is 4.63. The number of ether oxygens (including phenoxy) is 8. The summed E-state index contributed by atoms with van der Waals surface area (Å²) in [6.45, 7) is 7.94. The molecule has 8 nitrogen and oxygen atoms in total. The Labute approximate surface area is 219 Å². The summed E-state index contributed by atoms with van der Waals surface area (Å²) in [6, 6.07) is 7.58. The van der Waals surface area contributed by atoms with Crippen LogP contribution in [0.3, 0.4) is 0 Å². The van der Waals surface area contributed by atoms with E-state index in [9.17, 15) is 0 Å². The number of hydrogen-bond donors (Lipinski definition) is 0. The van der Waals surface area contributed by atoms with Gasteiger partial charge in [-0.2, -0.15) is 0 Å². The lowest BCUT2D eigenvalue weighted by atomic mass is 10.3. The van der Waals surface area contributed by atoms with Crippen molar-refractivity contribution in [3.63, 3.8) is 0 Å². The van der Waals surface area contributed by atoms with Crippen LogP contribution < -0.4 is 9.47 Å². The molecule has 0 atom stereocenters. The van der Waals surface area contributed by atoms with E-state index in [0.29, 0.717) is 90.8 Å². The predicted molar refractivity (Wildman–Crippen MR) is 140 cm³/mol. The molecule has 0 aliphatic rings. The maximum Gasteiger partial charge on any atom is 0.161 e. The second-order valence-electron chi connectivity index (χ2n) is 6.20. The van der Waals surface area contributed by atoms with Crippen LogP contribution in [0.25, 0.3) is 0 Å². The Morgan fingerprint density at radius 3 is 1.00 bits per heavy atom. The minimum atomic E-state index is 0.439. The molecule has 0 spiro atoms. The van der Waals surface area contributed by atoms with E-state index in [0.717, 1.165) is 22.1 Å². The predicted octanol–water partition coefficient (Wildman–Crippen LogP) is 3.41. The molecule has 0 amide bonds. The smallest absolute Gasteiger partial charge is 0.161 e. The SMILES string of the molecule is ICCOCCOCCOCCOc1ccccc1OCCOCCOCCOCCI. The average molecular weight is 682 g/mol. The molecule has 32 heavy (non-hydrogen) atoms. The topological polar surface area (TPSA) is 73.8 Å². The molecule has 0 N–H and O–H groups in total. The first kappa shape index (κ1) is 30.1. The van der Waals surface area contributed by atoms with E-state index in [1.807, 2.05) is 24.3 Å². The molecule has 0 aliphatic carbocycles. The summed E-state index contributed by atoms with van der Waals surface area (Å²) in [7, 11) is 0. The summed E-state index contributed by atoms with van der Waals surface area (Å²) in [5.41, 5.74) is 0. The molecule has 0 radical (unpaired) electrons. The van der Waals surface area contributed by atoms with E-state index in [1.54, 1.807) is 0 Å². The van der Waals surface area contributed by atoms with E-state index >= 15 is 0 Å². The summed E-state index contributed by atoms with van der Waals surface area (Å²) < 4.78 is 46.1. The highest BCUT2D eigenvalue weighted by atomic mass is 127. The van der Waals surface area contributed by atoms with Crippen LogP contribution >= 0.6 is 45.2 Å². The van der Waals surface area contributed by atoms with Crippen LogP contribution in [0.1, 0.15) is 0 Å². The summed E-state index contributed by atoms with van der Waals surface area (Å²) in [4.78, 5) is 0. The molecule has 0 aromatic heterocycles. The lowest BCUT2D eigenvalue weighted by Crippen LogP contribution is -2.14. The van der Waals surface area contributed by atoms with Gasteiger partial charge in [0.1, 0.15) is 13.2 Å². The normalized spacial score (nSPS) is 11.1. The Balaban J connectivity index is 1.99. The Hall–Kier alpha value is 0.0400. The zero-order valence-electron chi connectivity index (χ0n) is 18.6. The highest BCUT2D eigenvalue weighted by molar-refractivity contribution is 14.1. The van der Waals surface area contributed by atoms with Crippen LogP contribution in [-0.2, 0) is 28.4 Å².